The molecule has 0 aliphatic carbocycles. The predicted molar refractivity (Wildman–Crippen MR) is 67.3 cm³/mol. The molecule has 0 saturated carbocycles. The second kappa shape index (κ2) is 5.77. The molecule has 0 aliphatic heterocycles. The van der Waals surface area contributed by atoms with Gasteiger partial charge in [-0.1, -0.05) is 5.16 Å². The molecule has 5 nitrogen and oxygen atoms in total. The summed E-state index contributed by atoms with van der Waals surface area (Å²) in [6.07, 6.45) is 0.945. The molecule has 0 unspecified atom stereocenters. The van der Waals surface area contributed by atoms with Gasteiger partial charge in [-0.05, 0) is 13.8 Å². The van der Waals surface area contributed by atoms with Crippen molar-refractivity contribution >= 4 is 17.3 Å². The van der Waals surface area contributed by atoms with Gasteiger partial charge in [-0.25, -0.2) is 4.98 Å². The Morgan fingerprint density at radius 1 is 1.56 bits per heavy atom. The van der Waals surface area contributed by atoms with Crippen LogP contribution in [0.1, 0.15) is 24.8 Å². The maximum atomic E-state index is 11.2. The molecule has 0 radical (unpaired) electrons. The van der Waals surface area contributed by atoms with Crippen molar-refractivity contribution in [2.24, 2.45) is 0 Å². The SMILES string of the molecule is CCOC(=O)CCc1csc(-c2cc(C)on2)n1. The number of thiazole rings is 1. The van der Waals surface area contributed by atoms with E-state index in [4.69, 9.17) is 9.26 Å². The van der Waals surface area contributed by atoms with Gasteiger partial charge in [0.05, 0.1) is 18.7 Å². The number of esters is 1. The van der Waals surface area contributed by atoms with Gasteiger partial charge in [0.25, 0.3) is 0 Å². The first-order chi connectivity index (χ1) is 8.69. The average Bonchev–Trinajstić information content (AvgIpc) is 2.95. The third-order valence-electron chi connectivity index (χ3n) is 2.29. The van der Waals surface area contributed by atoms with E-state index in [0.717, 1.165) is 22.2 Å². The van der Waals surface area contributed by atoms with Gasteiger partial charge in [-0.15, -0.1) is 11.3 Å². The van der Waals surface area contributed by atoms with Crippen LogP contribution in [0.2, 0.25) is 0 Å². The van der Waals surface area contributed by atoms with E-state index in [-0.39, 0.29) is 5.97 Å². The Balaban J connectivity index is 1.96. The lowest BCUT2D eigenvalue weighted by Gasteiger charge is -1.98. The summed E-state index contributed by atoms with van der Waals surface area (Å²) >= 11 is 1.50. The van der Waals surface area contributed by atoms with Crippen molar-refractivity contribution < 1.29 is 14.1 Å². The molecule has 0 atom stereocenters. The van der Waals surface area contributed by atoms with E-state index in [1.165, 1.54) is 11.3 Å². The molecule has 96 valence electrons. The van der Waals surface area contributed by atoms with Crippen molar-refractivity contribution in [3.05, 3.63) is 22.9 Å². The van der Waals surface area contributed by atoms with Crippen LogP contribution in [0.5, 0.6) is 0 Å². The Morgan fingerprint density at radius 2 is 2.39 bits per heavy atom. The Morgan fingerprint density at radius 3 is 3.06 bits per heavy atom. The van der Waals surface area contributed by atoms with Gasteiger partial charge in [-0.3, -0.25) is 4.79 Å². The molecule has 0 bridgehead atoms. The number of ether oxygens (including phenoxy) is 1. The number of carbonyl (C=O) groups is 1. The Hall–Kier alpha value is -1.69. The number of nitrogens with zero attached hydrogens (tertiary/aromatic N) is 2. The molecule has 6 heteroatoms. The topological polar surface area (TPSA) is 65.2 Å². The largest absolute Gasteiger partial charge is 0.466 e. The highest BCUT2D eigenvalue weighted by atomic mass is 32.1. The zero-order chi connectivity index (χ0) is 13.0. The second-order valence-electron chi connectivity index (χ2n) is 3.77. The maximum Gasteiger partial charge on any atom is 0.306 e. The monoisotopic (exact) mass is 266 g/mol. The fraction of sp³-hybridized carbons (Fsp3) is 0.417. The highest BCUT2D eigenvalue weighted by Crippen LogP contribution is 2.23. The Kier molecular flexibility index (Phi) is 4.09. The molecule has 2 aromatic rings. The van der Waals surface area contributed by atoms with Crippen molar-refractivity contribution in [1.82, 2.24) is 10.1 Å². The van der Waals surface area contributed by atoms with Crippen molar-refractivity contribution in [1.29, 1.82) is 0 Å². The summed E-state index contributed by atoms with van der Waals surface area (Å²) in [5, 5.41) is 6.65. The minimum Gasteiger partial charge on any atom is -0.466 e. The number of aromatic nitrogens is 2. The molecule has 0 aromatic carbocycles. The molecule has 18 heavy (non-hydrogen) atoms. The smallest absolute Gasteiger partial charge is 0.306 e. The first-order valence-corrected chi connectivity index (χ1v) is 6.60. The minimum atomic E-state index is -0.190. The second-order valence-corrected chi connectivity index (χ2v) is 4.63. The highest BCUT2D eigenvalue weighted by Gasteiger charge is 2.10. The van der Waals surface area contributed by atoms with E-state index in [1.807, 2.05) is 18.4 Å². The molecular formula is C12H14N2O3S. The van der Waals surface area contributed by atoms with Crippen LogP contribution in [-0.2, 0) is 16.0 Å². The summed E-state index contributed by atoms with van der Waals surface area (Å²) in [7, 11) is 0. The van der Waals surface area contributed by atoms with Crippen LogP contribution < -0.4 is 0 Å². The molecule has 0 amide bonds. The van der Waals surface area contributed by atoms with Crippen LogP contribution in [0.3, 0.4) is 0 Å². The number of hydrogen-bond donors (Lipinski definition) is 0. The Bertz CT molecular complexity index is 533. The predicted octanol–water partition coefficient (Wildman–Crippen LogP) is 2.60. The Labute approximate surface area is 109 Å². The zero-order valence-corrected chi connectivity index (χ0v) is 11.1. The number of aryl methyl sites for hydroxylation is 2. The standard InChI is InChI=1S/C12H14N2O3S/c1-3-16-11(15)5-4-9-7-18-12(13-9)10-6-8(2)17-14-10/h6-7H,3-5H2,1-2H3. The van der Waals surface area contributed by atoms with Crippen LogP contribution in [0.15, 0.2) is 16.0 Å². The lowest BCUT2D eigenvalue weighted by atomic mass is 10.2. The summed E-state index contributed by atoms with van der Waals surface area (Å²) in [5.41, 5.74) is 1.61. The van der Waals surface area contributed by atoms with Crippen molar-refractivity contribution in [3.63, 3.8) is 0 Å². The normalized spacial score (nSPS) is 10.6. The quantitative estimate of drug-likeness (QED) is 0.778. The van der Waals surface area contributed by atoms with Gasteiger partial charge in [0.1, 0.15) is 16.5 Å². The third-order valence-corrected chi connectivity index (χ3v) is 3.20. The first kappa shape index (κ1) is 12.8. The van der Waals surface area contributed by atoms with E-state index >= 15 is 0 Å². The molecular weight excluding hydrogens is 252 g/mol. The van der Waals surface area contributed by atoms with Gasteiger partial charge in [0.2, 0.25) is 0 Å². The van der Waals surface area contributed by atoms with Crippen LogP contribution >= 0.6 is 11.3 Å². The van der Waals surface area contributed by atoms with Crippen molar-refractivity contribution in [3.8, 4) is 10.7 Å². The van der Waals surface area contributed by atoms with Crippen LogP contribution in [-0.4, -0.2) is 22.7 Å². The van der Waals surface area contributed by atoms with Gasteiger partial charge in [-0.2, -0.15) is 0 Å². The van der Waals surface area contributed by atoms with E-state index < -0.39 is 0 Å². The zero-order valence-electron chi connectivity index (χ0n) is 10.3. The molecule has 0 fully saturated rings. The molecule has 0 aliphatic rings. The van der Waals surface area contributed by atoms with E-state index in [1.54, 1.807) is 6.92 Å². The van der Waals surface area contributed by atoms with Crippen molar-refractivity contribution in [2.45, 2.75) is 26.7 Å². The average molecular weight is 266 g/mol. The van der Waals surface area contributed by atoms with Crippen LogP contribution in [0.4, 0.5) is 0 Å². The fourth-order valence-electron chi connectivity index (χ4n) is 1.47. The molecule has 0 saturated heterocycles. The van der Waals surface area contributed by atoms with E-state index in [0.29, 0.717) is 19.4 Å². The van der Waals surface area contributed by atoms with Crippen molar-refractivity contribution in [2.75, 3.05) is 6.61 Å². The molecule has 2 rings (SSSR count). The minimum absolute atomic E-state index is 0.190. The summed E-state index contributed by atoms with van der Waals surface area (Å²) in [6, 6.07) is 1.84. The highest BCUT2D eigenvalue weighted by molar-refractivity contribution is 7.13. The summed E-state index contributed by atoms with van der Waals surface area (Å²) in [4.78, 5) is 15.6. The third kappa shape index (κ3) is 3.16. The van der Waals surface area contributed by atoms with Gasteiger partial charge < -0.3 is 9.26 Å². The molecule has 0 N–H and O–H groups in total. The summed E-state index contributed by atoms with van der Waals surface area (Å²) in [6.45, 7) is 4.05. The number of hydrogen-bond acceptors (Lipinski definition) is 6. The van der Waals surface area contributed by atoms with E-state index in [9.17, 15) is 4.79 Å². The lowest BCUT2D eigenvalue weighted by molar-refractivity contribution is -0.143. The van der Waals surface area contributed by atoms with Crippen LogP contribution in [0.25, 0.3) is 10.7 Å². The lowest BCUT2D eigenvalue weighted by Crippen LogP contribution is -2.05. The van der Waals surface area contributed by atoms with Gasteiger partial charge >= 0.3 is 5.97 Å². The summed E-state index contributed by atoms with van der Waals surface area (Å²) in [5.74, 6) is 0.567. The molecule has 0 spiro atoms. The molecule has 2 heterocycles. The number of carbonyl (C=O) groups excluding carboxylic acids is 1. The van der Waals surface area contributed by atoms with Crippen LogP contribution in [0, 0.1) is 6.92 Å². The van der Waals surface area contributed by atoms with E-state index in [2.05, 4.69) is 10.1 Å². The molecule has 2 aromatic heterocycles. The van der Waals surface area contributed by atoms with Gasteiger partial charge in [0.15, 0.2) is 0 Å². The fourth-order valence-corrected chi connectivity index (χ4v) is 2.28. The summed E-state index contributed by atoms with van der Waals surface area (Å²) < 4.78 is 9.87. The maximum absolute atomic E-state index is 11.2. The van der Waals surface area contributed by atoms with Gasteiger partial charge in [0, 0.05) is 17.9 Å². The number of rotatable bonds is 5. The first-order valence-electron chi connectivity index (χ1n) is 5.72.